The lowest BCUT2D eigenvalue weighted by molar-refractivity contribution is -0.126. The molecule has 3 saturated carbocycles. The van der Waals surface area contributed by atoms with Crippen molar-refractivity contribution < 1.29 is 9.59 Å². The molecule has 0 N–H and O–H groups in total. The van der Waals surface area contributed by atoms with Crippen molar-refractivity contribution in [2.75, 3.05) is 5.75 Å². The van der Waals surface area contributed by atoms with Gasteiger partial charge in [-0.2, -0.15) is 0 Å². The summed E-state index contributed by atoms with van der Waals surface area (Å²) in [5, 5.41) is 0. The molecule has 3 aliphatic rings. The fourth-order valence-electron chi connectivity index (χ4n) is 6.98. The lowest BCUT2D eigenvalue weighted by Gasteiger charge is -2.52. The summed E-state index contributed by atoms with van der Waals surface area (Å²) in [5.74, 6) is 3.53. The number of thiazole rings is 1. The minimum absolute atomic E-state index is 0.139. The minimum Gasteiger partial charge on any atom is -0.299 e. The van der Waals surface area contributed by atoms with E-state index in [-0.39, 0.29) is 11.3 Å². The van der Waals surface area contributed by atoms with Gasteiger partial charge in [0.1, 0.15) is 12.1 Å². The zero-order valence-electron chi connectivity index (χ0n) is 19.2. The number of ketones is 1. The normalized spacial score (nSPS) is 36.5. The highest BCUT2D eigenvalue weighted by molar-refractivity contribution is 8.01. The zero-order valence-corrected chi connectivity index (χ0v) is 20.9. The number of allylic oxidation sites excluding steroid dienone is 4. The van der Waals surface area contributed by atoms with Crippen molar-refractivity contribution in [1.82, 2.24) is 4.98 Å². The number of carbonyl (C=O) groups excluding carboxylic acids is 2. The molecule has 0 aliphatic heterocycles. The molecule has 0 aromatic carbocycles. The quantitative estimate of drug-likeness (QED) is 0.209. The molecule has 0 bridgehead atoms. The van der Waals surface area contributed by atoms with Gasteiger partial charge in [0.05, 0.1) is 11.4 Å². The number of hydrogen-bond donors (Lipinski definition) is 0. The van der Waals surface area contributed by atoms with Crippen LogP contribution in [-0.2, 0) is 9.59 Å². The van der Waals surface area contributed by atoms with Crippen LogP contribution in [-0.4, -0.2) is 22.8 Å². The highest BCUT2D eigenvalue weighted by atomic mass is 32.2. The standard InChI is InChI=1S/C26H35NO2S2/c1-5-6-19-18(12-14-28)7-8-21-20(19)11-13-26(4)22(21)9-10-23(26)24(29)15-30-25-27-16(2)17(3)31-25/h5-6,12,14,19-23H,7-11,13,15H2,1-4H3/b6-5-,18-12-. The highest BCUT2D eigenvalue weighted by Gasteiger charge is 2.57. The second kappa shape index (κ2) is 9.35. The number of carbonyl (C=O) groups is 2. The maximum Gasteiger partial charge on any atom is 0.150 e. The second-order valence-electron chi connectivity index (χ2n) is 9.95. The molecule has 4 rings (SSSR count). The van der Waals surface area contributed by atoms with Crippen molar-refractivity contribution in [1.29, 1.82) is 0 Å². The van der Waals surface area contributed by atoms with E-state index in [4.69, 9.17) is 0 Å². The number of nitrogens with zero attached hydrogens (tertiary/aromatic N) is 1. The van der Waals surface area contributed by atoms with E-state index in [0.29, 0.717) is 35.2 Å². The molecule has 6 atom stereocenters. The van der Waals surface area contributed by atoms with Crippen molar-refractivity contribution in [3.8, 4) is 0 Å². The summed E-state index contributed by atoms with van der Waals surface area (Å²) in [6, 6.07) is 0. The Labute approximate surface area is 195 Å². The third-order valence-corrected chi connectivity index (χ3v) is 10.8. The number of aryl methyl sites for hydroxylation is 2. The fraction of sp³-hybridized carbons (Fsp3) is 0.654. The summed E-state index contributed by atoms with van der Waals surface area (Å²) in [5.41, 5.74) is 2.54. The molecule has 0 radical (unpaired) electrons. The molecule has 5 heteroatoms. The van der Waals surface area contributed by atoms with Crippen LogP contribution in [0.2, 0.25) is 0 Å². The Morgan fingerprint density at radius 3 is 2.71 bits per heavy atom. The maximum atomic E-state index is 13.3. The van der Waals surface area contributed by atoms with Gasteiger partial charge in [0.15, 0.2) is 4.34 Å². The van der Waals surface area contributed by atoms with Crippen molar-refractivity contribution in [2.24, 2.45) is 35.0 Å². The van der Waals surface area contributed by atoms with Gasteiger partial charge in [-0.15, -0.1) is 11.3 Å². The van der Waals surface area contributed by atoms with E-state index in [1.165, 1.54) is 29.7 Å². The molecule has 1 aromatic rings. The van der Waals surface area contributed by atoms with Gasteiger partial charge in [0.2, 0.25) is 0 Å². The van der Waals surface area contributed by atoms with Crippen LogP contribution in [0.4, 0.5) is 0 Å². The van der Waals surface area contributed by atoms with Crippen LogP contribution in [0.3, 0.4) is 0 Å². The number of thioether (sulfide) groups is 1. The van der Waals surface area contributed by atoms with Gasteiger partial charge < -0.3 is 0 Å². The number of aromatic nitrogens is 1. The third kappa shape index (κ3) is 4.25. The Balaban J connectivity index is 1.47. The van der Waals surface area contributed by atoms with Gasteiger partial charge in [-0.25, -0.2) is 4.98 Å². The van der Waals surface area contributed by atoms with E-state index in [9.17, 15) is 9.59 Å². The van der Waals surface area contributed by atoms with Gasteiger partial charge >= 0.3 is 0 Å². The van der Waals surface area contributed by atoms with Gasteiger partial charge in [-0.05, 0) is 88.5 Å². The Morgan fingerprint density at radius 1 is 1.23 bits per heavy atom. The van der Waals surface area contributed by atoms with Crippen LogP contribution < -0.4 is 0 Å². The van der Waals surface area contributed by atoms with Crippen LogP contribution >= 0.6 is 23.1 Å². The molecule has 6 unspecified atom stereocenters. The van der Waals surface area contributed by atoms with Gasteiger partial charge in [-0.3, -0.25) is 9.59 Å². The summed E-state index contributed by atoms with van der Waals surface area (Å²) in [4.78, 5) is 30.4. The second-order valence-corrected chi connectivity index (χ2v) is 12.4. The average molecular weight is 458 g/mol. The molecule has 3 aliphatic carbocycles. The Morgan fingerprint density at radius 2 is 2.03 bits per heavy atom. The van der Waals surface area contributed by atoms with Crippen molar-refractivity contribution in [3.05, 3.63) is 34.4 Å². The smallest absolute Gasteiger partial charge is 0.150 e. The van der Waals surface area contributed by atoms with E-state index in [0.717, 1.165) is 35.6 Å². The highest BCUT2D eigenvalue weighted by Crippen LogP contribution is 2.63. The Hall–Kier alpha value is -1.20. The largest absolute Gasteiger partial charge is 0.299 e. The molecular formula is C26H35NO2S2. The van der Waals surface area contributed by atoms with Gasteiger partial charge in [0, 0.05) is 16.7 Å². The molecule has 0 spiro atoms. The lowest BCUT2D eigenvalue weighted by Crippen LogP contribution is -2.47. The summed E-state index contributed by atoms with van der Waals surface area (Å²) in [6.45, 7) is 8.64. The first-order valence-corrected chi connectivity index (χ1v) is 13.6. The first kappa shape index (κ1) is 23.0. The first-order valence-electron chi connectivity index (χ1n) is 11.8. The van der Waals surface area contributed by atoms with E-state index in [2.05, 4.69) is 37.9 Å². The molecule has 3 fully saturated rings. The SMILES string of the molecule is C/C=C\C1/C(=C\C=O)CCC2C1CCC1(C)C(C(=O)CSc3nc(C)c(C)s3)CCC21. The molecule has 168 valence electrons. The number of Topliss-reactive ketones (excluding diaryl/α,β-unsaturated/α-hetero) is 1. The molecule has 0 amide bonds. The van der Waals surface area contributed by atoms with Crippen molar-refractivity contribution in [3.63, 3.8) is 0 Å². The molecule has 1 heterocycles. The van der Waals surface area contributed by atoms with E-state index in [1.807, 2.05) is 13.0 Å². The molecule has 31 heavy (non-hydrogen) atoms. The summed E-state index contributed by atoms with van der Waals surface area (Å²) >= 11 is 3.34. The van der Waals surface area contributed by atoms with E-state index in [1.54, 1.807) is 23.1 Å². The lowest BCUT2D eigenvalue weighted by atomic mass is 9.52. The Bertz CT molecular complexity index is 882. The van der Waals surface area contributed by atoms with Gasteiger partial charge in [0.25, 0.3) is 0 Å². The minimum atomic E-state index is 0.139. The van der Waals surface area contributed by atoms with Crippen LogP contribution in [0, 0.1) is 48.9 Å². The summed E-state index contributed by atoms with van der Waals surface area (Å²) in [7, 11) is 0. The summed E-state index contributed by atoms with van der Waals surface area (Å²) in [6.07, 6.45) is 14.0. The predicted octanol–water partition coefficient (Wildman–Crippen LogP) is 6.59. The number of aldehydes is 1. The molecule has 1 aromatic heterocycles. The number of hydrogen-bond acceptors (Lipinski definition) is 5. The van der Waals surface area contributed by atoms with Crippen LogP contribution in [0.25, 0.3) is 0 Å². The topological polar surface area (TPSA) is 47.0 Å². The fourth-order valence-corrected chi connectivity index (χ4v) is 9.07. The molecule has 3 nitrogen and oxygen atoms in total. The van der Waals surface area contributed by atoms with Crippen molar-refractivity contribution in [2.45, 2.75) is 70.6 Å². The van der Waals surface area contributed by atoms with Crippen molar-refractivity contribution >= 4 is 35.2 Å². The Kier molecular flexibility index (Phi) is 6.93. The third-order valence-electron chi connectivity index (χ3n) is 8.57. The average Bonchev–Trinajstić information content (AvgIpc) is 3.26. The number of fused-ring (bicyclic) bond motifs is 3. The molecular weight excluding hydrogens is 422 g/mol. The predicted molar refractivity (Wildman–Crippen MR) is 130 cm³/mol. The van der Waals surface area contributed by atoms with E-state index >= 15 is 0 Å². The van der Waals surface area contributed by atoms with Gasteiger partial charge in [-0.1, -0.05) is 36.4 Å². The number of rotatable bonds is 6. The van der Waals surface area contributed by atoms with E-state index < -0.39 is 0 Å². The van der Waals surface area contributed by atoms with Crippen LogP contribution in [0.15, 0.2) is 28.1 Å². The first-order chi connectivity index (χ1) is 14.9. The zero-order chi connectivity index (χ0) is 22.2. The monoisotopic (exact) mass is 457 g/mol. The van der Waals surface area contributed by atoms with Crippen LogP contribution in [0.5, 0.6) is 0 Å². The molecule has 0 saturated heterocycles. The maximum absolute atomic E-state index is 13.3. The summed E-state index contributed by atoms with van der Waals surface area (Å²) < 4.78 is 1.03. The van der Waals surface area contributed by atoms with Crippen LogP contribution in [0.1, 0.15) is 62.9 Å².